The summed E-state index contributed by atoms with van der Waals surface area (Å²) in [6.45, 7) is 21.7. The molecule has 0 unspecified atom stereocenters. The fraction of sp³-hybridized carbons (Fsp3) is 0.489. The van der Waals surface area contributed by atoms with Crippen molar-refractivity contribution in [2.45, 2.75) is 118 Å². The number of alkyl carbamates (subject to hydrolysis) is 2. The summed E-state index contributed by atoms with van der Waals surface area (Å²) in [7, 11) is 0. The number of hydrogen-bond acceptors (Lipinski definition) is 9. The van der Waals surface area contributed by atoms with E-state index < -0.39 is 58.5 Å². The van der Waals surface area contributed by atoms with Crippen LogP contribution in [-0.2, 0) is 18.9 Å². The van der Waals surface area contributed by atoms with Crippen molar-refractivity contribution in [1.29, 1.82) is 0 Å². The molecule has 2 aromatic rings. The van der Waals surface area contributed by atoms with E-state index >= 15 is 4.39 Å². The molecule has 2 heterocycles. The molecule has 0 fully saturated rings. The average Bonchev–Trinajstić information content (AvgIpc) is 3.11. The van der Waals surface area contributed by atoms with Gasteiger partial charge in [-0.05, 0) is 142 Å². The minimum absolute atomic E-state index is 0.0225. The van der Waals surface area contributed by atoms with Gasteiger partial charge in [0, 0.05) is 31.9 Å². The number of halogens is 2. The molecule has 342 valence electrons. The first-order valence-electron chi connectivity index (χ1n) is 20.5. The Morgan fingerprint density at radius 2 is 1.10 bits per heavy atom. The van der Waals surface area contributed by atoms with Gasteiger partial charge in [0.1, 0.15) is 28.2 Å². The Labute approximate surface area is 373 Å². The SMILES string of the molecule is CC(C)(C)OC(=O)/N=C(/NC(=O)OC(C)(C)C)N1CC=C(c2ccc(C(=O)Nc3ccc(C4=CCN(/C(=N\C(=O)OC(C)(C)C)NC(=O)OC(C)(C)C)CC4)c(Cl)c3)c(F)c2)CC1. The van der Waals surface area contributed by atoms with Crippen LogP contribution in [0.25, 0.3) is 11.1 Å². The second kappa shape index (κ2) is 20.0. The van der Waals surface area contributed by atoms with Gasteiger partial charge in [0.25, 0.3) is 5.91 Å². The van der Waals surface area contributed by atoms with E-state index in [1.165, 1.54) is 12.1 Å². The molecule has 63 heavy (non-hydrogen) atoms. The highest BCUT2D eigenvalue weighted by atomic mass is 35.5. The number of aliphatic imine (C=N–C) groups is 2. The summed E-state index contributed by atoms with van der Waals surface area (Å²) < 4.78 is 36.9. The molecule has 2 aliphatic rings. The number of nitrogens with zero attached hydrogens (tertiary/aromatic N) is 4. The third kappa shape index (κ3) is 16.3. The molecule has 0 radical (unpaired) electrons. The Kier molecular flexibility index (Phi) is 15.8. The lowest BCUT2D eigenvalue weighted by Gasteiger charge is -2.30. The molecule has 0 aromatic heterocycles. The molecule has 0 saturated heterocycles. The molecule has 5 amide bonds. The van der Waals surface area contributed by atoms with Crippen molar-refractivity contribution in [1.82, 2.24) is 20.4 Å². The van der Waals surface area contributed by atoms with Crippen molar-refractivity contribution in [2.75, 3.05) is 31.5 Å². The van der Waals surface area contributed by atoms with E-state index in [2.05, 4.69) is 25.9 Å². The largest absolute Gasteiger partial charge is 0.444 e. The van der Waals surface area contributed by atoms with Crippen molar-refractivity contribution >= 4 is 70.6 Å². The van der Waals surface area contributed by atoms with E-state index in [9.17, 15) is 24.0 Å². The lowest BCUT2D eigenvalue weighted by Crippen LogP contribution is -2.48. The van der Waals surface area contributed by atoms with Gasteiger partial charge in [-0.15, -0.1) is 9.98 Å². The van der Waals surface area contributed by atoms with Crippen LogP contribution in [0.2, 0.25) is 5.02 Å². The van der Waals surface area contributed by atoms with Crippen molar-refractivity contribution in [3.63, 3.8) is 0 Å². The Bertz CT molecular complexity index is 2210. The van der Waals surface area contributed by atoms with E-state index in [0.29, 0.717) is 47.8 Å². The fourth-order valence-electron chi connectivity index (χ4n) is 6.07. The fourth-order valence-corrected chi connectivity index (χ4v) is 6.37. The van der Waals surface area contributed by atoms with Gasteiger partial charge >= 0.3 is 24.4 Å². The van der Waals surface area contributed by atoms with Crippen LogP contribution in [0.1, 0.15) is 117 Å². The van der Waals surface area contributed by atoms with Gasteiger partial charge in [-0.25, -0.2) is 23.6 Å². The molecule has 0 atom stereocenters. The number of carbonyl (C=O) groups is 5. The van der Waals surface area contributed by atoms with Crippen LogP contribution in [0.15, 0.2) is 58.5 Å². The molecule has 0 saturated carbocycles. The molecule has 2 aliphatic heterocycles. The lowest BCUT2D eigenvalue weighted by atomic mass is 9.97. The van der Waals surface area contributed by atoms with E-state index in [4.69, 9.17) is 30.5 Å². The van der Waals surface area contributed by atoms with Gasteiger partial charge in [0.15, 0.2) is 0 Å². The zero-order chi connectivity index (χ0) is 47.1. The first kappa shape index (κ1) is 49.7. The molecule has 18 heteroatoms. The second-order valence-electron chi connectivity index (χ2n) is 18.8. The van der Waals surface area contributed by atoms with Crippen LogP contribution < -0.4 is 16.0 Å². The molecular formula is C45H59ClFN7O9. The average molecular weight is 896 g/mol. The van der Waals surface area contributed by atoms with Crippen LogP contribution in [0.5, 0.6) is 0 Å². The Morgan fingerprint density at radius 1 is 0.635 bits per heavy atom. The van der Waals surface area contributed by atoms with E-state index in [0.717, 1.165) is 11.1 Å². The standard InChI is InChI=1S/C45H59ClFN7O9/c1-42(2,3)60-38(56)49-36(50-39(57)61-43(4,5)6)53-21-17-27(18-22-53)29-13-15-32(34(47)25-29)35(55)48-30-14-16-31(33(46)26-30)28-19-23-54(24-20-28)37(51-40(58)62-44(7,8)9)52-41(59)63-45(10,11)12/h13-17,19,25-26H,18,20-24H2,1-12H3,(H,48,55)(H,49,50,56,57)(H,51,52,58,59). The maximum absolute atomic E-state index is 15.5. The Balaban J connectivity index is 1.43. The number of benzene rings is 2. The molecule has 2 aromatic carbocycles. The topological polar surface area (TPSA) is 190 Å². The van der Waals surface area contributed by atoms with Crippen molar-refractivity contribution in [2.24, 2.45) is 9.98 Å². The highest BCUT2D eigenvalue weighted by Gasteiger charge is 2.27. The summed E-state index contributed by atoms with van der Waals surface area (Å²) in [5, 5.41) is 8.18. The van der Waals surface area contributed by atoms with Crippen molar-refractivity contribution in [3.05, 3.63) is 76.1 Å². The van der Waals surface area contributed by atoms with E-state index in [1.54, 1.807) is 117 Å². The molecular weight excluding hydrogens is 837 g/mol. The Morgan fingerprint density at radius 3 is 1.49 bits per heavy atom. The summed E-state index contributed by atoms with van der Waals surface area (Å²) in [4.78, 5) is 75.1. The molecule has 4 rings (SSSR count). The number of hydrogen-bond donors (Lipinski definition) is 3. The van der Waals surface area contributed by atoms with Gasteiger partial charge in [-0.3, -0.25) is 15.4 Å². The van der Waals surface area contributed by atoms with Crippen LogP contribution in [0.4, 0.5) is 29.3 Å². The number of nitrogens with one attached hydrogen (secondary N) is 3. The maximum atomic E-state index is 15.5. The zero-order valence-electron chi connectivity index (χ0n) is 38.1. The summed E-state index contributed by atoms with van der Waals surface area (Å²) in [5.74, 6) is -1.48. The van der Waals surface area contributed by atoms with Crippen molar-refractivity contribution < 1.29 is 47.3 Å². The van der Waals surface area contributed by atoms with E-state index in [-0.39, 0.29) is 30.6 Å². The molecule has 0 aliphatic carbocycles. The highest BCUT2D eigenvalue weighted by Crippen LogP contribution is 2.32. The predicted molar refractivity (Wildman–Crippen MR) is 240 cm³/mol. The van der Waals surface area contributed by atoms with Crippen LogP contribution in [0.3, 0.4) is 0 Å². The van der Waals surface area contributed by atoms with Crippen LogP contribution in [-0.4, -0.2) is 101 Å². The lowest BCUT2D eigenvalue weighted by molar-refractivity contribution is 0.0536. The highest BCUT2D eigenvalue weighted by molar-refractivity contribution is 6.32. The number of amides is 5. The first-order chi connectivity index (χ1) is 29.0. The van der Waals surface area contributed by atoms with Gasteiger partial charge < -0.3 is 34.1 Å². The summed E-state index contributed by atoms with van der Waals surface area (Å²) >= 11 is 6.71. The quantitative estimate of drug-likeness (QED) is 0.151. The second-order valence-corrected chi connectivity index (χ2v) is 19.2. The van der Waals surface area contributed by atoms with Gasteiger partial charge in [-0.2, -0.15) is 0 Å². The normalized spacial score (nSPS) is 15.4. The summed E-state index contributed by atoms with van der Waals surface area (Å²) in [5.41, 5.74) is -0.0640. The van der Waals surface area contributed by atoms with Gasteiger partial charge in [0.05, 0.1) is 10.6 Å². The number of ether oxygens (including phenoxy) is 4. The summed E-state index contributed by atoms with van der Waals surface area (Å²) in [6.07, 6.45) is 1.24. The van der Waals surface area contributed by atoms with Gasteiger partial charge in [-0.1, -0.05) is 35.9 Å². The third-order valence-electron chi connectivity index (χ3n) is 8.58. The Hall–Kier alpha value is -5.97. The number of rotatable bonds is 4. The van der Waals surface area contributed by atoms with Crippen molar-refractivity contribution in [3.8, 4) is 0 Å². The number of anilines is 1. The summed E-state index contributed by atoms with van der Waals surface area (Å²) in [6, 6.07) is 9.32. The van der Waals surface area contributed by atoms with Crippen LogP contribution in [0, 0.1) is 5.82 Å². The minimum Gasteiger partial charge on any atom is -0.444 e. The maximum Gasteiger partial charge on any atom is 0.437 e. The monoisotopic (exact) mass is 895 g/mol. The number of carbonyl (C=O) groups excluding carboxylic acids is 5. The molecule has 3 N–H and O–H groups in total. The number of guanidine groups is 2. The molecule has 0 bridgehead atoms. The minimum atomic E-state index is -0.887. The third-order valence-corrected chi connectivity index (χ3v) is 8.89. The van der Waals surface area contributed by atoms with Gasteiger partial charge in [0.2, 0.25) is 11.9 Å². The van der Waals surface area contributed by atoms with E-state index in [1.807, 2.05) is 12.2 Å². The molecule has 16 nitrogen and oxygen atoms in total. The predicted octanol–water partition coefficient (Wildman–Crippen LogP) is 9.54. The van der Waals surface area contributed by atoms with Crippen LogP contribution >= 0.6 is 11.6 Å². The smallest absolute Gasteiger partial charge is 0.437 e. The molecule has 0 spiro atoms. The first-order valence-corrected chi connectivity index (χ1v) is 20.8. The zero-order valence-corrected chi connectivity index (χ0v) is 38.8.